The second-order valence-electron chi connectivity index (χ2n) is 9.12. The van der Waals surface area contributed by atoms with E-state index in [1.54, 1.807) is 59.5 Å². The van der Waals surface area contributed by atoms with E-state index in [-0.39, 0.29) is 18.0 Å². The van der Waals surface area contributed by atoms with Gasteiger partial charge in [0.2, 0.25) is 11.7 Å². The number of hydrogen-bond acceptors (Lipinski definition) is 5. The molecule has 3 aromatic rings. The molecule has 0 spiro atoms. The summed E-state index contributed by atoms with van der Waals surface area (Å²) in [5, 5.41) is 5.38. The van der Waals surface area contributed by atoms with Gasteiger partial charge >= 0.3 is 12.2 Å². The van der Waals surface area contributed by atoms with E-state index >= 15 is 0 Å². The zero-order valence-electron chi connectivity index (χ0n) is 21.2. The van der Waals surface area contributed by atoms with E-state index in [0.717, 1.165) is 38.0 Å². The number of carbonyl (C=O) groups is 2. The number of rotatable bonds is 7. The van der Waals surface area contributed by atoms with Crippen LogP contribution in [-0.2, 0) is 6.18 Å². The highest BCUT2D eigenvalue weighted by Gasteiger charge is 2.42. The van der Waals surface area contributed by atoms with Gasteiger partial charge in [-0.15, -0.1) is 0 Å². The molecule has 202 valence electrons. The van der Waals surface area contributed by atoms with Crippen LogP contribution in [0.1, 0.15) is 42.4 Å². The van der Waals surface area contributed by atoms with Gasteiger partial charge in [-0.25, -0.2) is 9.78 Å². The summed E-state index contributed by atoms with van der Waals surface area (Å²) >= 11 is 0. The number of carbonyl (C=O) groups excluding carboxylic acids is 2. The lowest BCUT2D eigenvalue weighted by molar-refractivity contribution is -0.153. The smallest absolute Gasteiger partial charge is 0.431 e. The molecule has 0 bridgehead atoms. The highest BCUT2D eigenvalue weighted by molar-refractivity contribution is 6.04. The second kappa shape index (κ2) is 11.6. The number of aromatic nitrogens is 1. The predicted octanol–water partition coefficient (Wildman–Crippen LogP) is 5.63. The summed E-state index contributed by atoms with van der Waals surface area (Å²) in [7, 11) is 1.81. The first-order chi connectivity index (χ1) is 18.2. The van der Waals surface area contributed by atoms with E-state index in [9.17, 15) is 22.8 Å². The molecule has 38 heavy (non-hydrogen) atoms. The number of oxazole rings is 1. The summed E-state index contributed by atoms with van der Waals surface area (Å²) in [6, 6.07) is 15.0. The van der Waals surface area contributed by atoms with Gasteiger partial charge < -0.3 is 24.9 Å². The number of nitrogens with zero attached hydrogens (tertiary/aromatic N) is 3. The average Bonchev–Trinajstić information content (AvgIpc) is 3.39. The summed E-state index contributed by atoms with van der Waals surface area (Å²) in [6.45, 7) is 4.15. The van der Waals surface area contributed by atoms with Crippen LogP contribution < -0.4 is 15.5 Å². The molecule has 0 aliphatic carbocycles. The number of hydrogen-bond donors (Lipinski definition) is 2. The maximum Gasteiger partial charge on any atom is 0.452 e. The highest BCUT2D eigenvalue weighted by Crippen LogP contribution is 2.35. The van der Waals surface area contributed by atoms with Crippen molar-refractivity contribution in [1.82, 2.24) is 15.2 Å². The van der Waals surface area contributed by atoms with Gasteiger partial charge in [0.25, 0.3) is 5.91 Å². The summed E-state index contributed by atoms with van der Waals surface area (Å²) in [6.07, 6.45) is -2.38. The monoisotopic (exact) mass is 529 g/mol. The largest absolute Gasteiger partial charge is 0.452 e. The molecule has 0 saturated carbocycles. The topological polar surface area (TPSA) is 90.7 Å². The molecule has 1 aliphatic rings. The SMILES string of the molecule is CCCNC(=O)N(C)C1CCN(c2ccc(NC(=O)c3nc(-c4ccccc4)oc3C(F)(F)F)cc2)CC1. The number of amides is 3. The van der Waals surface area contributed by atoms with Crippen LogP contribution in [-0.4, -0.2) is 54.5 Å². The van der Waals surface area contributed by atoms with Crippen molar-refractivity contribution in [2.75, 3.05) is 36.9 Å². The molecule has 1 saturated heterocycles. The molecule has 1 aliphatic heterocycles. The van der Waals surface area contributed by atoms with E-state index in [1.165, 1.54) is 0 Å². The fourth-order valence-electron chi connectivity index (χ4n) is 4.35. The minimum Gasteiger partial charge on any atom is -0.431 e. The van der Waals surface area contributed by atoms with Crippen LogP contribution in [0.15, 0.2) is 59.0 Å². The maximum absolute atomic E-state index is 13.6. The van der Waals surface area contributed by atoms with E-state index < -0.39 is 23.5 Å². The van der Waals surface area contributed by atoms with Crippen molar-refractivity contribution in [3.05, 3.63) is 66.1 Å². The Morgan fingerprint density at radius 1 is 1.08 bits per heavy atom. The van der Waals surface area contributed by atoms with Gasteiger partial charge in [0, 0.05) is 49.7 Å². The van der Waals surface area contributed by atoms with Crippen molar-refractivity contribution in [2.45, 2.75) is 38.4 Å². The quantitative estimate of drug-likeness (QED) is 0.414. The van der Waals surface area contributed by atoms with Crippen molar-refractivity contribution in [2.24, 2.45) is 0 Å². The van der Waals surface area contributed by atoms with E-state index in [2.05, 4.69) is 20.5 Å². The number of nitrogens with one attached hydrogen (secondary N) is 2. The predicted molar refractivity (Wildman–Crippen MR) is 138 cm³/mol. The molecule has 3 amide bonds. The molecule has 0 unspecified atom stereocenters. The Hall–Kier alpha value is -4.02. The Morgan fingerprint density at radius 2 is 1.74 bits per heavy atom. The Morgan fingerprint density at radius 3 is 2.34 bits per heavy atom. The van der Waals surface area contributed by atoms with Gasteiger partial charge in [0.15, 0.2) is 5.69 Å². The molecule has 1 fully saturated rings. The maximum atomic E-state index is 13.6. The van der Waals surface area contributed by atoms with Crippen LogP contribution in [0.4, 0.5) is 29.3 Å². The van der Waals surface area contributed by atoms with Crippen LogP contribution in [0.3, 0.4) is 0 Å². The Bertz CT molecular complexity index is 1240. The summed E-state index contributed by atoms with van der Waals surface area (Å²) in [5.74, 6) is -2.74. The molecule has 8 nitrogen and oxygen atoms in total. The van der Waals surface area contributed by atoms with E-state index in [4.69, 9.17) is 4.42 Å². The zero-order valence-corrected chi connectivity index (χ0v) is 21.2. The zero-order chi connectivity index (χ0) is 27.3. The Balaban J connectivity index is 1.39. The summed E-state index contributed by atoms with van der Waals surface area (Å²) in [4.78, 5) is 32.8. The number of halogens is 3. The van der Waals surface area contributed by atoms with Crippen LogP contribution in [0.5, 0.6) is 0 Å². The van der Waals surface area contributed by atoms with Crippen LogP contribution >= 0.6 is 0 Å². The molecule has 11 heteroatoms. The van der Waals surface area contributed by atoms with Crippen molar-refractivity contribution >= 4 is 23.3 Å². The Kier molecular flexibility index (Phi) is 8.23. The number of benzene rings is 2. The number of alkyl halides is 3. The minimum absolute atomic E-state index is 0.0675. The Labute approximate surface area is 218 Å². The van der Waals surface area contributed by atoms with E-state index in [0.29, 0.717) is 17.8 Å². The molecule has 0 radical (unpaired) electrons. The molecular formula is C27H30F3N5O3. The van der Waals surface area contributed by atoms with Crippen molar-refractivity contribution in [3.8, 4) is 11.5 Å². The van der Waals surface area contributed by atoms with Gasteiger partial charge in [-0.05, 0) is 55.7 Å². The lowest BCUT2D eigenvalue weighted by Gasteiger charge is -2.37. The molecule has 2 heterocycles. The number of urea groups is 1. The fraction of sp³-hybridized carbons (Fsp3) is 0.370. The van der Waals surface area contributed by atoms with Crippen LogP contribution in [0.25, 0.3) is 11.5 Å². The third-order valence-corrected chi connectivity index (χ3v) is 6.47. The molecule has 4 rings (SSSR count). The molecule has 2 N–H and O–H groups in total. The molecule has 2 aromatic carbocycles. The first-order valence-corrected chi connectivity index (χ1v) is 12.5. The van der Waals surface area contributed by atoms with Gasteiger partial charge in [-0.2, -0.15) is 13.2 Å². The van der Waals surface area contributed by atoms with Gasteiger partial charge in [0.05, 0.1) is 0 Å². The summed E-state index contributed by atoms with van der Waals surface area (Å²) in [5.41, 5.74) is 0.759. The van der Waals surface area contributed by atoms with Crippen molar-refractivity contribution < 1.29 is 27.2 Å². The van der Waals surface area contributed by atoms with Crippen LogP contribution in [0, 0.1) is 0 Å². The molecular weight excluding hydrogens is 499 g/mol. The molecule has 1 aromatic heterocycles. The minimum atomic E-state index is -4.88. The normalized spacial score (nSPS) is 14.3. The first kappa shape index (κ1) is 27.0. The van der Waals surface area contributed by atoms with E-state index in [1.807, 2.05) is 14.0 Å². The average molecular weight is 530 g/mol. The second-order valence-corrected chi connectivity index (χ2v) is 9.12. The summed E-state index contributed by atoms with van der Waals surface area (Å²) < 4.78 is 45.7. The van der Waals surface area contributed by atoms with Gasteiger partial charge in [-0.1, -0.05) is 25.1 Å². The molecule has 0 atom stereocenters. The van der Waals surface area contributed by atoms with Gasteiger partial charge in [0.1, 0.15) is 0 Å². The fourth-order valence-corrected chi connectivity index (χ4v) is 4.35. The first-order valence-electron chi connectivity index (χ1n) is 12.5. The third kappa shape index (κ3) is 6.27. The van der Waals surface area contributed by atoms with Gasteiger partial charge in [-0.3, -0.25) is 4.79 Å². The van der Waals surface area contributed by atoms with Crippen LogP contribution in [0.2, 0.25) is 0 Å². The van der Waals surface area contributed by atoms with Crippen molar-refractivity contribution in [3.63, 3.8) is 0 Å². The highest BCUT2D eigenvalue weighted by atomic mass is 19.4. The lowest BCUT2D eigenvalue weighted by atomic mass is 10.0. The standard InChI is InChI=1S/C27H30F3N5O3/c1-3-15-31-26(37)34(2)20-13-16-35(17-14-20)21-11-9-19(10-12-21)32-24(36)22-23(27(28,29)30)38-25(33-22)18-7-5-4-6-8-18/h4-12,20H,3,13-17H2,1-2H3,(H,31,37)(H,32,36). The number of piperidine rings is 1. The number of anilines is 2. The van der Waals surface area contributed by atoms with Crippen molar-refractivity contribution in [1.29, 1.82) is 0 Å². The lowest BCUT2D eigenvalue weighted by Crippen LogP contribution is -2.49. The third-order valence-electron chi connectivity index (χ3n) is 6.47.